The molecule has 39 heavy (non-hydrogen) atoms. The Morgan fingerprint density at radius 1 is 1.13 bits per heavy atom. The quantitative estimate of drug-likeness (QED) is 0.396. The van der Waals surface area contributed by atoms with Crippen LogP contribution >= 0.6 is 11.6 Å². The van der Waals surface area contributed by atoms with Gasteiger partial charge in [0.05, 0.1) is 5.39 Å². The number of piperazine rings is 1. The van der Waals surface area contributed by atoms with Gasteiger partial charge in [-0.2, -0.15) is 4.98 Å². The summed E-state index contributed by atoms with van der Waals surface area (Å²) in [5.74, 6) is -0.0856. The third-order valence-electron chi connectivity index (χ3n) is 8.63. The molecule has 7 rings (SSSR count). The fraction of sp³-hybridized carbons (Fsp3) is 0.414. The number of phenolic OH excluding ortho intramolecular Hbond substituents is 1. The molecule has 3 atom stereocenters. The number of pyridine rings is 1. The minimum Gasteiger partial charge on any atom is -0.508 e. The molecule has 3 aliphatic heterocycles. The number of fused-ring (bicyclic) bond motifs is 4. The van der Waals surface area contributed by atoms with Gasteiger partial charge in [-0.05, 0) is 68.9 Å². The number of nitrogens with one attached hydrogen (secondary N) is 1. The Labute approximate surface area is 230 Å². The zero-order chi connectivity index (χ0) is 26.8. The first-order valence-corrected chi connectivity index (χ1v) is 14.0. The number of nitrogens with zero attached hydrogens (tertiary/aromatic N) is 5. The van der Waals surface area contributed by atoms with Crippen molar-refractivity contribution in [3.63, 3.8) is 0 Å². The summed E-state index contributed by atoms with van der Waals surface area (Å²) in [7, 11) is 2.06. The fourth-order valence-electron chi connectivity index (χ4n) is 6.69. The number of likely N-dealkylation sites (N-methyl/N-ethyl adjacent to an activating group) is 1. The molecule has 2 unspecified atom stereocenters. The predicted molar refractivity (Wildman–Crippen MR) is 151 cm³/mol. The van der Waals surface area contributed by atoms with Gasteiger partial charge in [-0.3, -0.25) is 4.57 Å². The SMILES string of the molecule is CN1CCC[C@H]1Cn1c(=O)nc(N2CC3CCC(C2)N3)c2cc(F)c(-c3cc(O)cc4cccc(Cl)c34)nc21. The highest BCUT2D eigenvalue weighted by molar-refractivity contribution is 6.36. The van der Waals surface area contributed by atoms with Gasteiger partial charge in [0.15, 0.2) is 0 Å². The van der Waals surface area contributed by atoms with Crippen molar-refractivity contribution in [3.8, 4) is 17.0 Å². The Morgan fingerprint density at radius 3 is 2.67 bits per heavy atom. The zero-order valence-electron chi connectivity index (χ0n) is 21.7. The second kappa shape index (κ2) is 9.43. The maximum atomic E-state index is 16.1. The van der Waals surface area contributed by atoms with E-state index >= 15 is 4.39 Å². The van der Waals surface area contributed by atoms with Crippen LogP contribution in [-0.2, 0) is 6.54 Å². The summed E-state index contributed by atoms with van der Waals surface area (Å²) in [5.41, 5.74) is 0.441. The first kappa shape index (κ1) is 24.7. The van der Waals surface area contributed by atoms with Crippen molar-refractivity contribution in [2.45, 2.75) is 50.4 Å². The van der Waals surface area contributed by atoms with E-state index in [1.54, 1.807) is 22.8 Å². The number of anilines is 1. The number of halogens is 2. The van der Waals surface area contributed by atoms with Gasteiger partial charge >= 0.3 is 5.69 Å². The normalized spacial score (nSPS) is 23.4. The summed E-state index contributed by atoms with van der Waals surface area (Å²) < 4.78 is 17.7. The molecule has 2 bridgehead atoms. The smallest absolute Gasteiger partial charge is 0.351 e. The second-order valence-corrected chi connectivity index (χ2v) is 11.6. The Bertz CT molecular complexity index is 1660. The van der Waals surface area contributed by atoms with E-state index < -0.39 is 5.82 Å². The fourth-order valence-corrected chi connectivity index (χ4v) is 6.97. The lowest BCUT2D eigenvalue weighted by Crippen LogP contribution is -2.52. The zero-order valence-corrected chi connectivity index (χ0v) is 22.5. The van der Waals surface area contributed by atoms with E-state index in [9.17, 15) is 9.90 Å². The van der Waals surface area contributed by atoms with Crippen molar-refractivity contribution < 1.29 is 9.50 Å². The molecular weight excluding hydrogens is 519 g/mol. The molecule has 0 radical (unpaired) electrons. The molecule has 3 aliphatic rings. The first-order chi connectivity index (χ1) is 18.9. The molecule has 3 fully saturated rings. The summed E-state index contributed by atoms with van der Waals surface area (Å²) in [4.78, 5) is 27.3. The van der Waals surface area contributed by atoms with Crippen LogP contribution in [0.15, 0.2) is 41.2 Å². The Kier molecular flexibility index (Phi) is 5.98. The van der Waals surface area contributed by atoms with Gasteiger partial charge in [-0.25, -0.2) is 14.2 Å². The summed E-state index contributed by atoms with van der Waals surface area (Å²) in [5, 5.41) is 16.3. The van der Waals surface area contributed by atoms with Gasteiger partial charge in [0.25, 0.3) is 0 Å². The van der Waals surface area contributed by atoms with Crippen molar-refractivity contribution in [1.82, 2.24) is 24.8 Å². The van der Waals surface area contributed by atoms with Crippen LogP contribution in [0.3, 0.4) is 0 Å². The van der Waals surface area contributed by atoms with E-state index in [0.29, 0.717) is 69.9 Å². The number of aromatic hydroxyl groups is 1. The molecule has 0 saturated carbocycles. The minimum atomic E-state index is -0.557. The lowest BCUT2D eigenvalue weighted by atomic mass is 10.00. The highest BCUT2D eigenvalue weighted by Gasteiger charge is 2.34. The Balaban J connectivity index is 1.47. The van der Waals surface area contributed by atoms with E-state index in [-0.39, 0.29) is 23.2 Å². The highest BCUT2D eigenvalue weighted by Crippen LogP contribution is 2.39. The van der Waals surface area contributed by atoms with Crippen LogP contribution in [0, 0.1) is 5.82 Å². The van der Waals surface area contributed by atoms with Crippen molar-refractivity contribution >= 4 is 39.2 Å². The van der Waals surface area contributed by atoms with Crippen molar-refractivity contribution in [2.75, 3.05) is 31.6 Å². The van der Waals surface area contributed by atoms with Crippen molar-refractivity contribution in [3.05, 3.63) is 57.7 Å². The average molecular weight is 549 g/mol. The lowest BCUT2D eigenvalue weighted by Gasteiger charge is -2.34. The van der Waals surface area contributed by atoms with E-state index in [1.807, 2.05) is 6.07 Å². The molecule has 202 valence electrons. The van der Waals surface area contributed by atoms with Crippen LogP contribution in [0.25, 0.3) is 33.1 Å². The molecule has 8 nitrogen and oxygen atoms in total. The molecule has 5 heterocycles. The number of benzene rings is 2. The number of rotatable bonds is 4. The van der Waals surface area contributed by atoms with E-state index in [1.165, 1.54) is 12.1 Å². The average Bonchev–Trinajstić information content (AvgIpc) is 3.47. The number of aromatic nitrogens is 3. The van der Waals surface area contributed by atoms with E-state index in [2.05, 4.69) is 27.1 Å². The monoisotopic (exact) mass is 548 g/mol. The van der Waals surface area contributed by atoms with Gasteiger partial charge in [0, 0.05) is 53.7 Å². The predicted octanol–water partition coefficient (Wildman–Crippen LogP) is 4.14. The third kappa shape index (κ3) is 4.23. The molecule has 2 N–H and O–H groups in total. The third-order valence-corrected chi connectivity index (χ3v) is 8.95. The lowest BCUT2D eigenvalue weighted by molar-refractivity contribution is 0.281. The van der Waals surface area contributed by atoms with Crippen LogP contribution in [-0.4, -0.2) is 69.3 Å². The molecule has 2 aromatic carbocycles. The van der Waals surface area contributed by atoms with E-state index in [4.69, 9.17) is 16.6 Å². The first-order valence-electron chi connectivity index (χ1n) is 13.6. The molecule has 2 aromatic heterocycles. The molecule has 10 heteroatoms. The van der Waals surface area contributed by atoms with Crippen LogP contribution < -0.4 is 15.9 Å². The van der Waals surface area contributed by atoms with Crippen LogP contribution in [0.1, 0.15) is 25.7 Å². The summed E-state index contributed by atoms with van der Waals surface area (Å²) in [6.45, 7) is 2.81. The maximum Gasteiger partial charge on any atom is 0.351 e. The Hall–Kier alpha value is -3.27. The highest BCUT2D eigenvalue weighted by atomic mass is 35.5. The van der Waals surface area contributed by atoms with Gasteiger partial charge in [0.1, 0.15) is 28.7 Å². The number of hydrogen-bond acceptors (Lipinski definition) is 7. The summed E-state index contributed by atoms with van der Waals surface area (Å²) >= 11 is 6.57. The van der Waals surface area contributed by atoms with Crippen molar-refractivity contribution in [2.24, 2.45) is 0 Å². The number of likely N-dealkylation sites (tertiary alicyclic amines) is 1. The molecule has 0 amide bonds. The van der Waals surface area contributed by atoms with Crippen LogP contribution in [0.2, 0.25) is 5.02 Å². The second-order valence-electron chi connectivity index (χ2n) is 11.2. The number of phenols is 1. The van der Waals surface area contributed by atoms with Gasteiger partial charge < -0.3 is 20.2 Å². The molecule has 0 spiro atoms. The molecule has 0 aliphatic carbocycles. The molecule has 3 saturated heterocycles. The summed E-state index contributed by atoms with van der Waals surface area (Å²) in [6, 6.07) is 10.7. The maximum absolute atomic E-state index is 16.1. The Morgan fingerprint density at radius 2 is 1.92 bits per heavy atom. The molecular formula is C29H30ClFN6O2. The van der Waals surface area contributed by atoms with E-state index in [0.717, 1.165) is 32.2 Å². The summed E-state index contributed by atoms with van der Waals surface area (Å²) in [6.07, 6.45) is 4.18. The standard InChI is InChI=1S/C29H30ClFN6O2/c1-35-9-3-5-19(35)15-37-28-22(27(34-29(37)39)36-13-17-7-8-18(14-36)32-17)12-24(31)26(33-28)21-11-20(38)10-16-4-2-6-23(30)25(16)21/h2,4,6,10-12,17-19,32,38H,3,5,7-9,13-15H2,1H3/t17?,18?,19-/m0/s1. The largest absolute Gasteiger partial charge is 0.508 e. The van der Waals surface area contributed by atoms with Crippen molar-refractivity contribution in [1.29, 1.82) is 0 Å². The van der Waals surface area contributed by atoms with Gasteiger partial charge in [-0.1, -0.05) is 23.7 Å². The van der Waals surface area contributed by atoms with Crippen LogP contribution in [0.4, 0.5) is 10.2 Å². The molecule has 4 aromatic rings. The minimum absolute atomic E-state index is 0.0160. The topological polar surface area (TPSA) is 86.5 Å². The van der Waals surface area contributed by atoms with Gasteiger partial charge in [0.2, 0.25) is 0 Å². The van der Waals surface area contributed by atoms with Gasteiger partial charge in [-0.15, -0.1) is 0 Å². The van der Waals surface area contributed by atoms with Crippen LogP contribution in [0.5, 0.6) is 5.75 Å². The number of hydrogen-bond donors (Lipinski definition) is 2.